The maximum absolute atomic E-state index is 11.5. The van der Waals surface area contributed by atoms with Crippen LogP contribution < -0.4 is 5.32 Å². The van der Waals surface area contributed by atoms with Gasteiger partial charge in [0.05, 0.1) is 17.2 Å². The van der Waals surface area contributed by atoms with Crippen LogP contribution in [0.25, 0.3) is 23.0 Å². The van der Waals surface area contributed by atoms with E-state index in [9.17, 15) is 10.1 Å². The van der Waals surface area contributed by atoms with Crippen molar-refractivity contribution in [2.24, 2.45) is 0 Å². The van der Waals surface area contributed by atoms with Crippen LogP contribution in [0.4, 0.5) is 11.4 Å². The van der Waals surface area contributed by atoms with Gasteiger partial charge in [0.1, 0.15) is 11.4 Å². The highest BCUT2D eigenvalue weighted by Crippen LogP contribution is 2.31. The first-order valence-electron chi connectivity index (χ1n) is 8.38. The summed E-state index contributed by atoms with van der Waals surface area (Å²) in [5.74, 6) is 0.496. The molecular formula is C19H14N6O3. The van der Waals surface area contributed by atoms with E-state index >= 15 is 0 Å². The van der Waals surface area contributed by atoms with Crippen molar-refractivity contribution >= 4 is 11.4 Å². The van der Waals surface area contributed by atoms with Gasteiger partial charge in [0.15, 0.2) is 0 Å². The van der Waals surface area contributed by atoms with Crippen LogP contribution in [0.2, 0.25) is 0 Å². The monoisotopic (exact) mass is 374 g/mol. The minimum absolute atomic E-state index is 0.0917. The molecular weight excluding hydrogens is 360 g/mol. The Kier molecular flexibility index (Phi) is 4.70. The number of aromatic nitrogens is 4. The molecule has 4 aromatic rings. The zero-order valence-electron chi connectivity index (χ0n) is 14.5. The molecule has 0 bridgehead atoms. The molecule has 9 heteroatoms. The molecule has 0 radical (unpaired) electrons. The highest BCUT2D eigenvalue weighted by molar-refractivity contribution is 5.70. The van der Waals surface area contributed by atoms with E-state index in [1.54, 1.807) is 36.7 Å². The fraction of sp³-hybridized carbons (Fsp3) is 0.0526. The van der Waals surface area contributed by atoms with Gasteiger partial charge in [-0.2, -0.15) is 4.98 Å². The smallest absolute Gasteiger partial charge is 0.293 e. The van der Waals surface area contributed by atoms with Crippen LogP contribution in [-0.2, 0) is 6.54 Å². The first kappa shape index (κ1) is 17.3. The van der Waals surface area contributed by atoms with Crippen molar-refractivity contribution in [3.63, 3.8) is 0 Å². The summed E-state index contributed by atoms with van der Waals surface area (Å²) in [5, 5.41) is 18.4. The van der Waals surface area contributed by atoms with Crippen molar-refractivity contribution in [3.05, 3.63) is 82.8 Å². The largest absolute Gasteiger partial charge is 0.374 e. The fourth-order valence-corrected chi connectivity index (χ4v) is 2.59. The van der Waals surface area contributed by atoms with Gasteiger partial charge in [0.25, 0.3) is 11.6 Å². The normalized spacial score (nSPS) is 10.6. The highest BCUT2D eigenvalue weighted by Gasteiger charge is 2.19. The quantitative estimate of drug-likeness (QED) is 0.400. The van der Waals surface area contributed by atoms with Crippen molar-refractivity contribution in [1.82, 2.24) is 20.1 Å². The number of nitro groups is 1. The SMILES string of the molecule is O=[N+]([O-])c1cc(-c2nc(-c3ccccn3)no2)ccc1NCc1ccccn1. The molecule has 0 aliphatic carbocycles. The molecule has 0 amide bonds. The van der Waals surface area contributed by atoms with E-state index in [0.717, 1.165) is 5.69 Å². The molecule has 1 N–H and O–H groups in total. The zero-order valence-corrected chi connectivity index (χ0v) is 14.5. The summed E-state index contributed by atoms with van der Waals surface area (Å²) in [6.45, 7) is 0.366. The Hall–Kier alpha value is -4.14. The van der Waals surface area contributed by atoms with Crippen LogP contribution in [0.5, 0.6) is 0 Å². The molecule has 0 aliphatic rings. The van der Waals surface area contributed by atoms with Crippen molar-refractivity contribution in [1.29, 1.82) is 0 Å². The van der Waals surface area contributed by atoms with Crippen molar-refractivity contribution < 1.29 is 9.45 Å². The fourth-order valence-electron chi connectivity index (χ4n) is 2.59. The lowest BCUT2D eigenvalue weighted by atomic mass is 10.1. The topological polar surface area (TPSA) is 120 Å². The molecule has 0 saturated heterocycles. The number of pyridine rings is 2. The van der Waals surface area contributed by atoms with Gasteiger partial charge >= 0.3 is 0 Å². The Bertz CT molecular complexity index is 1100. The zero-order chi connectivity index (χ0) is 19.3. The van der Waals surface area contributed by atoms with Crippen LogP contribution in [-0.4, -0.2) is 25.0 Å². The van der Waals surface area contributed by atoms with Gasteiger partial charge in [-0.25, -0.2) is 0 Å². The summed E-state index contributed by atoms with van der Waals surface area (Å²) in [7, 11) is 0. The van der Waals surface area contributed by atoms with Crippen LogP contribution in [0, 0.1) is 10.1 Å². The van der Waals surface area contributed by atoms with E-state index in [1.165, 1.54) is 6.07 Å². The molecule has 138 valence electrons. The highest BCUT2D eigenvalue weighted by atomic mass is 16.6. The number of hydrogen-bond acceptors (Lipinski definition) is 8. The standard InChI is InChI=1S/C19H14N6O3/c26-25(27)17-11-13(7-8-15(17)22-12-14-5-1-3-9-20-14)19-23-18(24-28-19)16-6-2-4-10-21-16/h1-11,22H,12H2. The molecule has 0 aliphatic heterocycles. The molecule has 28 heavy (non-hydrogen) atoms. The van der Waals surface area contributed by atoms with E-state index < -0.39 is 4.92 Å². The Morgan fingerprint density at radius 1 is 1.04 bits per heavy atom. The molecule has 1 aromatic carbocycles. The summed E-state index contributed by atoms with van der Waals surface area (Å²) in [4.78, 5) is 23.7. The van der Waals surface area contributed by atoms with Gasteiger partial charge in [0, 0.05) is 24.0 Å². The molecule has 4 rings (SSSR count). The maximum Gasteiger partial charge on any atom is 0.293 e. The summed E-state index contributed by atoms with van der Waals surface area (Å²) < 4.78 is 5.25. The van der Waals surface area contributed by atoms with E-state index in [2.05, 4.69) is 25.4 Å². The lowest BCUT2D eigenvalue weighted by Gasteiger charge is -2.07. The number of hydrogen-bond donors (Lipinski definition) is 1. The maximum atomic E-state index is 11.5. The van der Waals surface area contributed by atoms with Gasteiger partial charge in [-0.15, -0.1) is 0 Å². The molecule has 0 atom stereocenters. The lowest BCUT2D eigenvalue weighted by Crippen LogP contribution is -2.04. The number of anilines is 1. The number of nitrogens with zero attached hydrogens (tertiary/aromatic N) is 5. The minimum atomic E-state index is -0.458. The van der Waals surface area contributed by atoms with Gasteiger partial charge < -0.3 is 9.84 Å². The van der Waals surface area contributed by atoms with E-state index in [0.29, 0.717) is 29.3 Å². The third-order valence-corrected chi connectivity index (χ3v) is 3.95. The predicted molar refractivity (Wildman–Crippen MR) is 101 cm³/mol. The summed E-state index contributed by atoms with van der Waals surface area (Å²) in [6.07, 6.45) is 3.29. The van der Waals surface area contributed by atoms with Gasteiger partial charge in [0.2, 0.25) is 5.82 Å². The molecule has 3 aromatic heterocycles. The average molecular weight is 374 g/mol. The van der Waals surface area contributed by atoms with E-state index in [-0.39, 0.29) is 11.6 Å². The molecule has 3 heterocycles. The third kappa shape index (κ3) is 3.68. The summed E-state index contributed by atoms with van der Waals surface area (Å²) >= 11 is 0. The molecule has 0 saturated carbocycles. The number of benzene rings is 1. The Morgan fingerprint density at radius 2 is 1.86 bits per heavy atom. The lowest BCUT2D eigenvalue weighted by molar-refractivity contribution is -0.383. The molecule has 0 spiro atoms. The predicted octanol–water partition coefficient (Wildman–Crippen LogP) is 3.71. The van der Waals surface area contributed by atoms with Gasteiger partial charge in [-0.3, -0.25) is 20.1 Å². The number of rotatable bonds is 6. The Morgan fingerprint density at radius 3 is 2.57 bits per heavy atom. The molecule has 9 nitrogen and oxygen atoms in total. The van der Waals surface area contributed by atoms with Crippen LogP contribution in [0.3, 0.4) is 0 Å². The number of nitrogens with one attached hydrogen (secondary N) is 1. The average Bonchev–Trinajstić information content (AvgIpc) is 3.24. The van der Waals surface area contributed by atoms with E-state index in [1.807, 2.05) is 24.3 Å². The van der Waals surface area contributed by atoms with Crippen molar-refractivity contribution in [2.45, 2.75) is 6.54 Å². The summed E-state index contributed by atoms with van der Waals surface area (Å²) in [5.41, 5.74) is 2.07. The van der Waals surface area contributed by atoms with Crippen molar-refractivity contribution in [2.75, 3.05) is 5.32 Å². The van der Waals surface area contributed by atoms with Crippen molar-refractivity contribution in [3.8, 4) is 23.0 Å². The first-order valence-corrected chi connectivity index (χ1v) is 8.38. The second kappa shape index (κ2) is 7.62. The minimum Gasteiger partial charge on any atom is -0.374 e. The number of nitro benzene ring substituents is 1. The van der Waals surface area contributed by atoms with Crippen LogP contribution >= 0.6 is 0 Å². The van der Waals surface area contributed by atoms with Crippen LogP contribution in [0.1, 0.15) is 5.69 Å². The first-order chi connectivity index (χ1) is 13.7. The second-order valence-electron chi connectivity index (χ2n) is 5.80. The van der Waals surface area contributed by atoms with Crippen LogP contribution in [0.15, 0.2) is 71.5 Å². The molecule has 0 fully saturated rings. The molecule has 0 unspecified atom stereocenters. The van der Waals surface area contributed by atoms with Gasteiger partial charge in [-0.1, -0.05) is 17.3 Å². The Balaban J connectivity index is 1.60. The Labute approximate surface area is 159 Å². The van der Waals surface area contributed by atoms with E-state index in [4.69, 9.17) is 4.52 Å². The summed E-state index contributed by atoms with van der Waals surface area (Å²) in [6, 6.07) is 15.5. The second-order valence-corrected chi connectivity index (χ2v) is 5.80. The third-order valence-electron chi connectivity index (χ3n) is 3.95. The van der Waals surface area contributed by atoms with Gasteiger partial charge in [-0.05, 0) is 36.4 Å².